The van der Waals surface area contributed by atoms with E-state index in [-0.39, 0.29) is 17.4 Å². The zero-order chi connectivity index (χ0) is 24.1. The molecule has 2 aromatic heterocycles. The molecule has 5 nitrogen and oxygen atoms in total. The van der Waals surface area contributed by atoms with Gasteiger partial charge in [-0.2, -0.15) is 5.10 Å². The number of halogens is 2. The van der Waals surface area contributed by atoms with Gasteiger partial charge in [0.15, 0.2) is 0 Å². The molecule has 1 aliphatic carbocycles. The number of amides is 1. The molecular formula is C27H25F2N3O2. The summed E-state index contributed by atoms with van der Waals surface area (Å²) < 4.78 is 30.8. The largest absolute Gasteiger partial charge is 0.390 e. The molecule has 174 valence electrons. The number of hydrogen-bond donors (Lipinski definition) is 2. The minimum absolute atomic E-state index is 0.108. The van der Waals surface area contributed by atoms with E-state index in [9.17, 15) is 18.7 Å². The lowest BCUT2D eigenvalue weighted by Gasteiger charge is -2.20. The molecule has 0 radical (unpaired) electrons. The molecule has 0 saturated heterocycles. The second-order valence-corrected chi connectivity index (χ2v) is 9.06. The average Bonchev–Trinajstić information content (AvgIpc) is 3.28. The van der Waals surface area contributed by atoms with Crippen LogP contribution in [0.4, 0.5) is 8.78 Å². The Morgan fingerprint density at radius 1 is 1.06 bits per heavy atom. The normalized spacial score (nSPS) is 17.4. The Hall–Kier alpha value is -3.58. The number of nitrogens with zero attached hydrogens (tertiary/aromatic N) is 2. The van der Waals surface area contributed by atoms with Crippen molar-refractivity contribution in [2.24, 2.45) is 0 Å². The van der Waals surface area contributed by atoms with Gasteiger partial charge in [-0.25, -0.2) is 13.3 Å². The standard InChI is InChI=1S/C27H25F2N3O2/c1-14(2)26-18(27(34)30-25-17-8-5-4-7-16(17)13-22(25)33)11-12-21-23(15(3)31-32(21)26)24-19(28)9-6-10-20(24)29/h4-12,14,22,25,33H,13H2,1-3H3,(H,30,34)/t22-,25-/m0/s1. The first-order valence-corrected chi connectivity index (χ1v) is 11.3. The van der Waals surface area contributed by atoms with Gasteiger partial charge in [0.2, 0.25) is 0 Å². The SMILES string of the molecule is Cc1nn2c(C(C)C)c(C(=O)N[C@H]3c4ccccc4C[C@@H]3O)ccc2c1-c1c(F)cccc1F. The molecule has 1 amide bonds. The molecule has 0 aliphatic heterocycles. The summed E-state index contributed by atoms with van der Waals surface area (Å²) in [5.41, 5.74) is 4.17. The van der Waals surface area contributed by atoms with E-state index in [2.05, 4.69) is 10.4 Å². The van der Waals surface area contributed by atoms with Crippen molar-refractivity contribution in [1.29, 1.82) is 0 Å². The van der Waals surface area contributed by atoms with E-state index in [4.69, 9.17) is 0 Å². The molecule has 5 rings (SSSR count). The number of aryl methyl sites for hydroxylation is 1. The molecule has 34 heavy (non-hydrogen) atoms. The molecule has 2 atom stereocenters. The lowest BCUT2D eigenvalue weighted by molar-refractivity contribution is 0.0856. The van der Waals surface area contributed by atoms with Crippen LogP contribution in [0.5, 0.6) is 0 Å². The van der Waals surface area contributed by atoms with E-state index >= 15 is 0 Å². The van der Waals surface area contributed by atoms with E-state index in [1.807, 2.05) is 38.1 Å². The second kappa shape index (κ2) is 8.33. The predicted molar refractivity (Wildman–Crippen MR) is 126 cm³/mol. The van der Waals surface area contributed by atoms with Gasteiger partial charge < -0.3 is 10.4 Å². The molecule has 2 heterocycles. The summed E-state index contributed by atoms with van der Waals surface area (Å²) in [5.74, 6) is -1.78. The first-order valence-electron chi connectivity index (χ1n) is 11.3. The van der Waals surface area contributed by atoms with Crippen molar-refractivity contribution in [3.63, 3.8) is 0 Å². The highest BCUT2D eigenvalue weighted by Crippen LogP contribution is 2.36. The summed E-state index contributed by atoms with van der Waals surface area (Å²) in [5, 5.41) is 18.1. The summed E-state index contributed by atoms with van der Waals surface area (Å²) in [7, 11) is 0. The van der Waals surface area contributed by atoms with Gasteiger partial charge in [0.05, 0.1) is 40.2 Å². The number of carbonyl (C=O) groups excluding carboxylic acids is 1. The van der Waals surface area contributed by atoms with Crippen LogP contribution in [0.25, 0.3) is 16.6 Å². The number of hydrogen-bond acceptors (Lipinski definition) is 3. The number of fused-ring (bicyclic) bond motifs is 2. The molecular weight excluding hydrogens is 436 g/mol. The molecule has 0 unspecified atom stereocenters. The topological polar surface area (TPSA) is 66.6 Å². The molecule has 7 heteroatoms. The summed E-state index contributed by atoms with van der Waals surface area (Å²) in [6, 6.07) is 14.2. The molecule has 0 bridgehead atoms. The Balaban J connectivity index is 1.61. The van der Waals surface area contributed by atoms with Crippen molar-refractivity contribution in [3.05, 3.63) is 94.3 Å². The van der Waals surface area contributed by atoms with Crippen LogP contribution in [0.3, 0.4) is 0 Å². The average molecular weight is 462 g/mol. The van der Waals surface area contributed by atoms with Crippen LogP contribution in [0, 0.1) is 18.6 Å². The minimum atomic E-state index is -0.713. The maximum atomic E-state index is 14.6. The van der Waals surface area contributed by atoms with Crippen molar-refractivity contribution in [3.8, 4) is 11.1 Å². The second-order valence-electron chi connectivity index (χ2n) is 9.06. The Bertz CT molecular complexity index is 1410. The minimum Gasteiger partial charge on any atom is -0.390 e. The fourth-order valence-corrected chi connectivity index (χ4v) is 5.00. The number of aliphatic hydroxyl groups is 1. The third-order valence-corrected chi connectivity index (χ3v) is 6.50. The molecule has 0 spiro atoms. The van der Waals surface area contributed by atoms with Gasteiger partial charge in [0, 0.05) is 12.0 Å². The first-order chi connectivity index (χ1) is 16.3. The van der Waals surface area contributed by atoms with Crippen LogP contribution in [0.15, 0.2) is 54.6 Å². The number of aromatic nitrogens is 2. The Kier molecular flexibility index (Phi) is 5.44. The van der Waals surface area contributed by atoms with Gasteiger partial charge in [-0.15, -0.1) is 0 Å². The highest BCUT2D eigenvalue weighted by atomic mass is 19.1. The van der Waals surface area contributed by atoms with Crippen molar-refractivity contribution < 1.29 is 18.7 Å². The maximum absolute atomic E-state index is 14.6. The van der Waals surface area contributed by atoms with Crippen molar-refractivity contribution >= 4 is 11.4 Å². The molecule has 2 aromatic carbocycles. The quantitative estimate of drug-likeness (QED) is 0.444. The van der Waals surface area contributed by atoms with Crippen LogP contribution >= 0.6 is 0 Å². The van der Waals surface area contributed by atoms with E-state index in [0.717, 1.165) is 11.1 Å². The molecule has 4 aromatic rings. The number of pyridine rings is 1. The van der Waals surface area contributed by atoms with Gasteiger partial charge in [-0.1, -0.05) is 44.2 Å². The third-order valence-electron chi connectivity index (χ3n) is 6.50. The van der Waals surface area contributed by atoms with Gasteiger partial charge >= 0.3 is 0 Å². The molecule has 0 saturated carbocycles. The zero-order valence-electron chi connectivity index (χ0n) is 19.1. The van der Waals surface area contributed by atoms with Crippen LogP contribution < -0.4 is 5.32 Å². The Labute approximate surface area is 196 Å². The maximum Gasteiger partial charge on any atom is 0.253 e. The van der Waals surface area contributed by atoms with Gasteiger partial charge in [0.1, 0.15) is 11.6 Å². The summed E-state index contributed by atoms with van der Waals surface area (Å²) in [6.45, 7) is 5.57. The van der Waals surface area contributed by atoms with E-state index in [1.165, 1.54) is 18.2 Å². The third kappa shape index (κ3) is 3.47. The molecule has 2 N–H and O–H groups in total. The van der Waals surface area contributed by atoms with Crippen molar-refractivity contribution in [2.45, 2.75) is 45.3 Å². The smallest absolute Gasteiger partial charge is 0.253 e. The number of nitrogens with one attached hydrogen (secondary N) is 1. The van der Waals surface area contributed by atoms with Gasteiger partial charge in [-0.05, 0) is 48.2 Å². The number of aliphatic hydroxyl groups excluding tert-OH is 1. The molecule has 0 fully saturated rings. The van der Waals surface area contributed by atoms with Crippen LogP contribution in [0.2, 0.25) is 0 Å². The number of benzene rings is 2. The fourth-order valence-electron chi connectivity index (χ4n) is 5.00. The number of rotatable bonds is 4. The van der Waals surface area contributed by atoms with E-state index in [0.29, 0.717) is 34.5 Å². The number of carbonyl (C=O) groups is 1. The predicted octanol–water partition coefficient (Wildman–Crippen LogP) is 5.10. The summed E-state index contributed by atoms with van der Waals surface area (Å²) in [6.07, 6.45) is -0.234. The van der Waals surface area contributed by atoms with Crippen LogP contribution in [0.1, 0.15) is 58.7 Å². The Morgan fingerprint density at radius 2 is 1.76 bits per heavy atom. The highest BCUT2D eigenvalue weighted by Gasteiger charge is 2.33. The summed E-state index contributed by atoms with van der Waals surface area (Å²) >= 11 is 0. The van der Waals surface area contributed by atoms with E-state index in [1.54, 1.807) is 23.6 Å². The van der Waals surface area contributed by atoms with Crippen molar-refractivity contribution in [1.82, 2.24) is 14.9 Å². The highest BCUT2D eigenvalue weighted by molar-refractivity contribution is 5.97. The fraction of sp³-hybridized carbons (Fsp3) is 0.259. The van der Waals surface area contributed by atoms with Crippen LogP contribution in [-0.2, 0) is 6.42 Å². The van der Waals surface area contributed by atoms with Crippen LogP contribution in [-0.4, -0.2) is 26.7 Å². The zero-order valence-corrected chi connectivity index (χ0v) is 19.1. The lowest BCUT2D eigenvalue weighted by Crippen LogP contribution is -2.34. The molecule has 1 aliphatic rings. The van der Waals surface area contributed by atoms with Gasteiger partial charge in [0.25, 0.3) is 5.91 Å². The monoisotopic (exact) mass is 461 g/mol. The van der Waals surface area contributed by atoms with E-state index < -0.39 is 23.8 Å². The lowest BCUT2D eigenvalue weighted by atomic mass is 9.99. The van der Waals surface area contributed by atoms with Gasteiger partial charge in [-0.3, -0.25) is 4.79 Å². The van der Waals surface area contributed by atoms with Crippen molar-refractivity contribution in [2.75, 3.05) is 0 Å². The first kappa shape index (κ1) is 22.2. The Morgan fingerprint density at radius 3 is 2.47 bits per heavy atom. The summed E-state index contributed by atoms with van der Waals surface area (Å²) in [4.78, 5) is 13.4.